The van der Waals surface area contributed by atoms with Crippen molar-refractivity contribution in [3.05, 3.63) is 23.4 Å². The molecule has 1 saturated carbocycles. The lowest BCUT2D eigenvalue weighted by molar-refractivity contribution is -0.117. The molecule has 2 heterocycles. The Morgan fingerprint density at radius 2 is 2.00 bits per heavy atom. The molecular weight excluding hydrogens is 302 g/mol. The van der Waals surface area contributed by atoms with E-state index in [9.17, 15) is 4.79 Å². The molecular formula is C19H29N3O2. The highest BCUT2D eigenvalue weighted by molar-refractivity contribution is 5.93. The van der Waals surface area contributed by atoms with Crippen LogP contribution in [-0.4, -0.2) is 43.1 Å². The molecule has 1 saturated heterocycles. The third-order valence-corrected chi connectivity index (χ3v) is 5.14. The molecule has 0 bridgehead atoms. The van der Waals surface area contributed by atoms with E-state index in [-0.39, 0.29) is 11.8 Å². The van der Waals surface area contributed by atoms with Crippen molar-refractivity contribution >= 4 is 11.7 Å². The van der Waals surface area contributed by atoms with E-state index in [1.165, 1.54) is 5.56 Å². The number of pyridine rings is 1. The van der Waals surface area contributed by atoms with E-state index in [0.29, 0.717) is 17.7 Å². The molecule has 5 heteroatoms. The molecule has 1 N–H and O–H groups in total. The van der Waals surface area contributed by atoms with Gasteiger partial charge in [-0.25, -0.2) is 4.98 Å². The van der Waals surface area contributed by atoms with Crippen molar-refractivity contribution in [1.29, 1.82) is 0 Å². The number of ether oxygens (including phenoxy) is 1. The van der Waals surface area contributed by atoms with Crippen molar-refractivity contribution in [2.24, 2.45) is 11.8 Å². The van der Waals surface area contributed by atoms with Crippen LogP contribution in [0.2, 0.25) is 0 Å². The normalized spacial score (nSPS) is 20.2. The molecule has 5 nitrogen and oxygen atoms in total. The average Bonchev–Trinajstić information content (AvgIpc) is 3.40. The Hall–Kier alpha value is -1.46. The number of aromatic nitrogens is 1. The van der Waals surface area contributed by atoms with E-state index < -0.39 is 0 Å². The van der Waals surface area contributed by atoms with Gasteiger partial charge in [0.05, 0.1) is 5.69 Å². The van der Waals surface area contributed by atoms with Crippen LogP contribution in [-0.2, 0) is 16.1 Å². The average molecular weight is 331 g/mol. The lowest BCUT2D eigenvalue weighted by Gasteiger charge is -2.29. The summed E-state index contributed by atoms with van der Waals surface area (Å²) in [6.45, 7) is 4.81. The molecule has 1 unspecified atom stereocenters. The highest BCUT2D eigenvalue weighted by atomic mass is 16.5. The number of anilines is 1. The summed E-state index contributed by atoms with van der Waals surface area (Å²) in [5.74, 6) is 2.11. The Bertz CT molecular complexity index is 578. The maximum Gasteiger partial charge on any atom is 0.228 e. The molecule has 1 aliphatic carbocycles. The van der Waals surface area contributed by atoms with Crippen LogP contribution in [0.1, 0.15) is 49.8 Å². The van der Waals surface area contributed by atoms with Gasteiger partial charge in [0.25, 0.3) is 0 Å². The van der Waals surface area contributed by atoms with E-state index in [0.717, 1.165) is 51.1 Å². The van der Waals surface area contributed by atoms with Crippen LogP contribution in [0.5, 0.6) is 0 Å². The number of carbonyl (C=O) groups excluding carboxylic acids is 1. The molecule has 2 aliphatic rings. The highest BCUT2D eigenvalue weighted by Crippen LogP contribution is 2.34. The van der Waals surface area contributed by atoms with Crippen molar-refractivity contribution in [3.63, 3.8) is 0 Å². The second kappa shape index (κ2) is 7.62. The van der Waals surface area contributed by atoms with Crippen molar-refractivity contribution < 1.29 is 9.53 Å². The predicted octanol–water partition coefficient (Wildman–Crippen LogP) is 3.02. The molecule has 1 atom stereocenters. The molecule has 132 valence electrons. The minimum absolute atomic E-state index is 0.114. The molecule has 1 amide bonds. The number of nitrogens with one attached hydrogen (secondary N) is 1. The number of rotatable bonds is 6. The molecule has 0 aromatic carbocycles. The quantitative estimate of drug-likeness (QED) is 0.870. The van der Waals surface area contributed by atoms with Crippen molar-refractivity contribution in [3.8, 4) is 0 Å². The zero-order chi connectivity index (χ0) is 17.1. The summed E-state index contributed by atoms with van der Waals surface area (Å²) in [7, 11) is 4.11. The maximum atomic E-state index is 12.0. The van der Waals surface area contributed by atoms with Gasteiger partial charge in [-0.15, -0.1) is 0 Å². The van der Waals surface area contributed by atoms with Crippen molar-refractivity contribution in [2.75, 3.05) is 32.6 Å². The van der Waals surface area contributed by atoms with Crippen LogP contribution in [0.3, 0.4) is 0 Å². The van der Waals surface area contributed by atoms with Gasteiger partial charge in [0.2, 0.25) is 5.91 Å². The summed E-state index contributed by atoms with van der Waals surface area (Å²) in [6, 6.07) is 4.12. The van der Waals surface area contributed by atoms with Crippen LogP contribution in [0.25, 0.3) is 0 Å². The second-order valence-corrected chi connectivity index (χ2v) is 7.47. The number of amides is 1. The van der Waals surface area contributed by atoms with Crippen molar-refractivity contribution in [2.45, 2.75) is 45.1 Å². The van der Waals surface area contributed by atoms with Gasteiger partial charge in [0, 0.05) is 25.7 Å². The smallest absolute Gasteiger partial charge is 0.228 e. The lowest BCUT2D eigenvalue weighted by atomic mass is 9.82. The first kappa shape index (κ1) is 17.4. The van der Waals surface area contributed by atoms with Crippen LogP contribution in [0, 0.1) is 11.8 Å². The minimum atomic E-state index is 0.114. The first-order valence-electron chi connectivity index (χ1n) is 9.07. The summed E-state index contributed by atoms with van der Waals surface area (Å²) in [6.07, 6.45) is 4.25. The third kappa shape index (κ3) is 4.33. The van der Waals surface area contributed by atoms with E-state index in [1.54, 1.807) is 0 Å². The van der Waals surface area contributed by atoms with Gasteiger partial charge in [-0.05, 0) is 63.2 Å². The van der Waals surface area contributed by atoms with Crippen LogP contribution in [0.4, 0.5) is 5.82 Å². The SMILES string of the molecule is CC(c1ccc(NC(=O)C2CC2)nc1CN(C)C)C1CCOCC1. The van der Waals surface area contributed by atoms with Crippen LogP contribution in [0.15, 0.2) is 12.1 Å². The summed E-state index contributed by atoms with van der Waals surface area (Å²) in [5.41, 5.74) is 2.38. The fraction of sp³-hybridized carbons (Fsp3) is 0.684. The molecule has 1 aromatic heterocycles. The second-order valence-electron chi connectivity index (χ2n) is 7.47. The first-order chi connectivity index (χ1) is 11.5. The zero-order valence-electron chi connectivity index (χ0n) is 15.0. The van der Waals surface area contributed by atoms with Gasteiger partial charge in [-0.1, -0.05) is 13.0 Å². The van der Waals surface area contributed by atoms with Gasteiger partial charge in [0.1, 0.15) is 5.82 Å². The van der Waals surface area contributed by atoms with Gasteiger partial charge < -0.3 is 15.0 Å². The van der Waals surface area contributed by atoms with Crippen molar-refractivity contribution in [1.82, 2.24) is 9.88 Å². The molecule has 0 spiro atoms. The fourth-order valence-corrected chi connectivity index (χ4v) is 3.47. The summed E-state index contributed by atoms with van der Waals surface area (Å²) in [4.78, 5) is 18.9. The number of nitrogens with zero attached hydrogens (tertiary/aromatic N) is 2. The van der Waals surface area contributed by atoms with Crippen LogP contribution < -0.4 is 5.32 Å². The Morgan fingerprint density at radius 1 is 1.29 bits per heavy atom. The highest BCUT2D eigenvalue weighted by Gasteiger charge is 2.30. The number of hydrogen-bond acceptors (Lipinski definition) is 4. The predicted molar refractivity (Wildman–Crippen MR) is 94.9 cm³/mol. The van der Waals surface area contributed by atoms with E-state index in [4.69, 9.17) is 9.72 Å². The fourth-order valence-electron chi connectivity index (χ4n) is 3.47. The zero-order valence-corrected chi connectivity index (χ0v) is 15.0. The van der Waals surface area contributed by atoms with Gasteiger partial charge in [-0.2, -0.15) is 0 Å². The Labute approximate surface area is 144 Å². The Balaban J connectivity index is 1.79. The van der Waals surface area contributed by atoms with E-state index in [2.05, 4.69) is 37.3 Å². The Kier molecular flexibility index (Phi) is 5.51. The molecule has 24 heavy (non-hydrogen) atoms. The summed E-state index contributed by atoms with van der Waals surface area (Å²) in [5, 5.41) is 2.97. The number of carbonyl (C=O) groups is 1. The molecule has 3 rings (SSSR count). The molecule has 1 aromatic rings. The van der Waals surface area contributed by atoms with Gasteiger partial charge in [0.15, 0.2) is 0 Å². The molecule has 1 aliphatic heterocycles. The van der Waals surface area contributed by atoms with E-state index >= 15 is 0 Å². The number of hydrogen-bond donors (Lipinski definition) is 1. The first-order valence-corrected chi connectivity index (χ1v) is 9.07. The van der Waals surface area contributed by atoms with Crippen LogP contribution >= 0.6 is 0 Å². The third-order valence-electron chi connectivity index (χ3n) is 5.14. The largest absolute Gasteiger partial charge is 0.381 e. The molecule has 0 radical (unpaired) electrons. The molecule has 2 fully saturated rings. The standard InChI is InChI=1S/C19H29N3O2/c1-13(14-8-10-24-11-9-14)16-6-7-18(20-17(16)12-22(2)3)21-19(23)15-4-5-15/h6-7,13-15H,4-5,8-12H2,1-3H3,(H,20,21,23). The van der Waals surface area contributed by atoms with E-state index in [1.807, 2.05) is 6.07 Å². The summed E-state index contributed by atoms with van der Waals surface area (Å²) < 4.78 is 5.50. The minimum Gasteiger partial charge on any atom is -0.381 e. The summed E-state index contributed by atoms with van der Waals surface area (Å²) >= 11 is 0. The van der Waals surface area contributed by atoms with Gasteiger partial charge >= 0.3 is 0 Å². The topological polar surface area (TPSA) is 54.5 Å². The van der Waals surface area contributed by atoms with Gasteiger partial charge in [-0.3, -0.25) is 4.79 Å². The maximum absolute atomic E-state index is 12.0. The Morgan fingerprint density at radius 3 is 2.62 bits per heavy atom. The monoisotopic (exact) mass is 331 g/mol. The lowest BCUT2D eigenvalue weighted by Crippen LogP contribution is -2.23.